The lowest BCUT2D eigenvalue weighted by atomic mass is 10.1. The molecule has 0 radical (unpaired) electrons. The van der Waals surface area contributed by atoms with Crippen LogP contribution in [0, 0.1) is 0 Å². The van der Waals surface area contributed by atoms with Gasteiger partial charge in [-0.3, -0.25) is 4.79 Å². The van der Waals surface area contributed by atoms with E-state index in [0.29, 0.717) is 17.4 Å². The van der Waals surface area contributed by atoms with Gasteiger partial charge in [0.05, 0.1) is 19.2 Å². The number of benzene rings is 2. The first-order chi connectivity index (χ1) is 10.7. The number of ether oxygens (including phenoxy) is 1. The third-order valence-corrected chi connectivity index (χ3v) is 3.11. The second-order valence-electron chi connectivity index (χ2n) is 4.57. The second-order valence-corrected chi connectivity index (χ2v) is 5.01. The van der Waals surface area contributed by atoms with Crippen molar-refractivity contribution in [2.45, 2.75) is 13.3 Å². The van der Waals surface area contributed by atoms with E-state index in [1.54, 1.807) is 18.2 Å². The van der Waals surface area contributed by atoms with E-state index >= 15 is 0 Å². The first-order valence-electron chi connectivity index (χ1n) is 6.97. The second kappa shape index (κ2) is 8.20. The number of carbonyl (C=O) groups excluding carboxylic acids is 1. The lowest BCUT2D eigenvalue weighted by molar-refractivity contribution is -0.120. The Labute approximate surface area is 134 Å². The molecular formula is C17H17ClN2O2. The maximum absolute atomic E-state index is 11.8. The highest BCUT2D eigenvalue weighted by atomic mass is 35.5. The average molecular weight is 317 g/mol. The number of hydrazone groups is 1. The van der Waals surface area contributed by atoms with E-state index in [2.05, 4.69) is 10.5 Å². The highest BCUT2D eigenvalue weighted by Gasteiger charge is 2.03. The molecule has 22 heavy (non-hydrogen) atoms. The van der Waals surface area contributed by atoms with Crippen molar-refractivity contribution in [3.63, 3.8) is 0 Å². The van der Waals surface area contributed by atoms with Crippen LogP contribution >= 0.6 is 11.6 Å². The maximum atomic E-state index is 11.8. The molecule has 2 aromatic rings. The van der Waals surface area contributed by atoms with Crippen LogP contribution in [-0.4, -0.2) is 18.7 Å². The lowest BCUT2D eigenvalue weighted by Gasteiger charge is -2.07. The van der Waals surface area contributed by atoms with Crippen LogP contribution in [0.25, 0.3) is 0 Å². The summed E-state index contributed by atoms with van der Waals surface area (Å²) in [6.45, 7) is 2.44. The summed E-state index contributed by atoms with van der Waals surface area (Å²) in [6, 6.07) is 14.8. The number of rotatable bonds is 6. The number of carbonyl (C=O) groups is 1. The van der Waals surface area contributed by atoms with Crippen molar-refractivity contribution in [2.75, 3.05) is 6.61 Å². The molecule has 0 heterocycles. The summed E-state index contributed by atoms with van der Waals surface area (Å²) in [6.07, 6.45) is 1.81. The van der Waals surface area contributed by atoms with Crippen molar-refractivity contribution in [3.05, 3.63) is 64.7 Å². The van der Waals surface area contributed by atoms with Crippen molar-refractivity contribution in [1.82, 2.24) is 5.43 Å². The molecule has 0 spiro atoms. The molecular weight excluding hydrogens is 300 g/mol. The molecule has 0 atom stereocenters. The highest BCUT2D eigenvalue weighted by molar-refractivity contribution is 6.30. The predicted molar refractivity (Wildman–Crippen MR) is 88.5 cm³/mol. The Morgan fingerprint density at radius 3 is 2.77 bits per heavy atom. The monoisotopic (exact) mass is 316 g/mol. The largest absolute Gasteiger partial charge is 0.493 e. The summed E-state index contributed by atoms with van der Waals surface area (Å²) in [5.74, 6) is 0.496. The van der Waals surface area contributed by atoms with Gasteiger partial charge >= 0.3 is 0 Å². The number of hydrogen-bond acceptors (Lipinski definition) is 3. The average Bonchev–Trinajstić information content (AvgIpc) is 2.51. The van der Waals surface area contributed by atoms with Crippen molar-refractivity contribution < 1.29 is 9.53 Å². The van der Waals surface area contributed by atoms with Gasteiger partial charge in [0.15, 0.2) is 0 Å². The van der Waals surface area contributed by atoms with E-state index in [4.69, 9.17) is 16.3 Å². The van der Waals surface area contributed by atoms with Crippen LogP contribution in [0.2, 0.25) is 5.02 Å². The molecule has 1 amide bonds. The van der Waals surface area contributed by atoms with E-state index in [9.17, 15) is 4.79 Å². The van der Waals surface area contributed by atoms with Crippen LogP contribution < -0.4 is 10.2 Å². The van der Waals surface area contributed by atoms with Gasteiger partial charge in [0.2, 0.25) is 5.91 Å². The third-order valence-electron chi connectivity index (χ3n) is 2.87. The predicted octanol–water partition coefficient (Wildman–Crippen LogP) is 3.43. The molecule has 2 aromatic carbocycles. The summed E-state index contributed by atoms with van der Waals surface area (Å²) in [7, 11) is 0. The third kappa shape index (κ3) is 4.90. The Bertz CT molecular complexity index is 657. The first kappa shape index (κ1) is 16.0. The molecule has 4 nitrogen and oxygen atoms in total. The molecule has 5 heteroatoms. The Balaban J connectivity index is 1.97. The Hall–Kier alpha value is -2.33. The molecule has 0 aliphatic heterocycles. The first-order valence-corrected chi connectivity index (χ1v) is 7.35. The molecule has 2 rings (SSSR count). The summed E-state index contributed by atoms with van der Waals surface area (Å²) in [4.78, 5) is 11.8. The van der Waals surface area contributed by atoms with Crippen molar-refractivity contribution >= 4 is 23.7 Å². The smallest absolute Gasteiger partial charge is 0.244 e. The fourth-order valence-corrected chi connectivity index (χ4v) is 2.08. The van der Waals surface area contributed by atoms with Gasteiger partial charge in [0.1, 0.15) is 5.75 Å². The zero-order valence-corrected chi connectivity index (χ0v) is 13.0. The SMILES string of the molecule is CCOc1ccc(Cl)cc1/C=N\NC(=O)Cc1ccccc1. The molecule has 0 aliphatic carbocycles. The van der Waals surface area contributed by atoms with E-state index in [0.717, 1.165) is 11.1 Å². The van der Waals surface area contributed by atoms with Gasteiger partial charge in [0, 0.05) is 10.6 Å². The quantitative estimate of drug-likeness (QED) is 0.655. The molecule has 1 N–H and O–H groups in total. The Morgan fingerprint density at radius 2 is 2.05 bits per heavy atom. The van der Waals surface area contributed by atoms with Gasteiger partial charge in [-0.25, -0.2) is 5.43 Å². The molecule has 114 valence electrons. The fraction of sp³-hybridized carbons (Fsp3) is 0.176. The molecule has 0 fully saturated rings. The molecule has 0 saturated heterocycles. The van der Waals surface area contributed by atoms with E-state index in [1.165, 1.54) is 6.21 Å². The number of nitrogens with one attached hydrogen (secondary N) is 1. The van der Waals surface area contributed by atoms with Crippen LogP contribution in [-0.2, 0) is 11.2 Å². The maximum Gasteiger partial charge on any atom is 0.244 e. The van der Waals surface area contributed by atoms with Gasteiger partial charge in [-0.2, -0.15) is 5.10 Å². The fourth-order valence-electron chi connectivity index (χ4n) is 1.90. The minimum Gasteiger partial charge on any atom is -0.493 e. The lowest BCUT2D eigenvalue weighted by Crippen LogP contribution is -2.19. The van der Waals surface area contributed by atoms with Crippen LogP contribution in [0.1, 0.15) is 18.1 Å². The Kier molecular flexibility index (Phi) is 5.98. The van der Waals surface area contributed by atoms with E-state index in [1.807, 2.05) is 37.3 Å². The minimum absolute atomic E-state index is 0.178. The number of hydrogen-bond donors (Lipinski definition) is 1. The van der Waals surface area contributed by atoms with Gasteiger partial charge in [-0.15, -0.1) is 0 Å². The number of halogens is 1. The van der Waals surface area contributed by atoms with E-state index < -0.39 is 0 Å². The minimum atomic E-state index is -0.178. The zero-order chi connectivity index (χ0) is 15.8. The summed E-state index contributed by atoms with van der Waals surface area (Å²) >= 11 is 5.96. The standard InChI is InChI=1S/C17H17ClN2O2/c1-2-22-16-9-8-15(18)11-14(16)12-19-20-17(21)10-13-6-4-3-5-7-13/h3-9,11-12H,2,10H2,1H3,(H,20,21)/b19-12-. The molecule has 0 saturated carbocycles. The summed E-state index contributed by atoms with van der Waals surface area (Å²) in [5.41, 5.74) is 4.16. The van der Waals surface area contributed by atoms with Crippen LogP contribution in [0.15, 0.2) is 53.6 Å². The number of nitrogens with zero attached hydrogens (tertiary/aromatic N) is 1. The van der Waals surface area contributed by atoms with Crippen LogP contribution in [0.5, 0.6) is 5.75 Å². The van der Waals surface area contributed by atoms with Crippen molar-refractivity contribution in [1.29, 1.82) is 0 Å². The molecule has 0 unspecified atom stereocenters. The highest BCUT2D eigenvalue weighted by Crippen LogP contribution is 2.21. The Morgan fingerprint density at radius 1 is 1.27 bits per heavy atom. The molecule has 0 aromatic heterocycles. The van der Waals surface area contributed by atoms with Crippen molar-refractivity contribution in [2.24, 2.45) is 5.10 Å². The summed E-state index contributed by atoms with van der Waals surface area (Å²) < 4.78 is 5.48. The molecule has 0 aliphatic rings. The zero-order valence-electron chi connectivity index (χ0n) is 12.3. The summed E-state index contributed by atoms with van der Waals surface area (Å²) in [5, 5.41) is 4.54. The van der Waals surface area contributed by atoms with Gasteiger partial charge in [-0.1, -0.05) is 41.9 Å². The van der Waals surface area contributed by atoms with E-state index in [-0.39, 0.29) is 12.3 Å². The molecule has 0 bridgehead atoms. The van der Waals surface area contributed by atoms with Gasteiger partial charge in [0.25, 0.3) is 0 Å². The van der Waals surface area contributed by atoms with Crippen molar-refractivity contribution in [3.8, 4) is 5.75 Å². The number of amides is 1. The van der Waals surface area contributed by atoms with Crippen LogP contribution in [0.4, 0.5) is 0 Å². The van der Waals surface area contributed by atoms with Crippen LogP contribution in [0.3, 0.4) is 0 Å². The normalized spacial score (nSPS) is 10.6. The van der Waals surface area contributed by atoms with Gasteiger partial charge < -0.3 is 4.74 Å². The topological polar surface area (TPSA) is 50.7 Å². The van der Waals surface area contributed by atoms with Gasteiger partial charge in [-0.05, 0) is 30.7 Å².